The third-order valence-corrected chi connectivity index (χ3v) is 3.14. The van der Waals surface area contributed by atoms with Gasteiger partial charge in [-0.3, -0.25) is 0 Å². The van der Waals surface area contributed by atoms with Gasteiger partial charge in [0.05, 0.1) is 7.11 Å². The Morgan fingerprint density at radius 2 is 2.08 bits per heavy atom. The van der Waals surface area contributed by atoms with Gasteiger partial charge < -0.3 is 10.5 Å². The second-order valence-corrected chi connectivity index (χ2v) is 4.06. The van der Waals surface area contributed by atoms with Crippen LogP contribution in [0.3, 0.4) is 0 Å². The zero-order chi connectivity index (χ0) is 9.42. The van der Waals surface area contributed by atoms with Crippen LogP contribution in [0.25, 0.3) is 10.1 Å². The van der Waals surface area contributed by atoms with E-state index in [4.69, 9.17) is 10.5 Å². The van der Waals surface area contributed by atoms with Crippen molar-refractivity contribution in [1.29, 1.82) is 0 Å². The fraction of sp³-hybridized carbons (Fsp3) is 0.200. The molecule has 0 atom stereocenters. The van der Waals surface area contributed by atoms with E-state index in [0.717, 1.165) is 21.7 Å². The van der Waals surface area contributed by atoms with E-state index in [0.29, 0.717) is 0 Å². The summed E-state index contributed by atoms with van der Waals surface area (Å²) in [5.41, 5.74) is 7.76. The molecule has 0 aliphatic carbocycles. The van der Waals surface area contributed by atoms with Gasteiger partial charge in [-0.1, -0.05) is 11.3 Å². The highest BCUT2D eigenvalue weighted by Crippen LogP contribution is 2.33. The topological polar surface area (TPSA) is 35.2 Å². The van der Waals surface area contributed by atoms with Gasteiger partial charge in [0.1, 0.15) is 0 Å². The van der Waals surface area contributed by atoms with Crippen LogP contribution in [0.5, 0.6) is 5.06 Å². The van der Waals surface area contributed by atoms with Crippen LogP contribution < -0.4 is 10.5 Å². The largest absolute Gasteiger partial charge is 0.487 e. The third-order valence-electron chi connectivity index (χ3n) is 2.08. The first-order valence-corrected chi connectivity index (χ1v) is 4.86. The van der Waals surface area contributed by atoms with Crippen molar-refractivity contribution in [3.63, 3.8) is 0 Å². The molecule has 1 heterocycles. The first kappa shape index (κ1) is 8.38. The van der Waals surface area contributed by atoms with Crippen molar-refractivity contribution >= 4 is 27.1 Å². The lowest BCUT2D eigenvalue weighted by Crippen LogP contribution is -1.87. The summed E-state index contributed by atoms with van der Waals surface area (Å²) < 4.78 is 6.38. The predicted molar refractivity (Wildman–Crippen MR) is 57.5 cm³/mol. The highest BCUT2D eigenvalue weighted by atomic mass is 32.1. The lowest BCUT2D eigenvalue weighted by Gasteiger charge is -1.97. The van der Waals surface area contributed by atoms with Crippen molar-refractivity contribution in [2.45, 2.75) is 6.92 Å². The molecule has 0 bridgehead atoms. The molecule has 2 rings (SSSR count). The number of aryl methyl sites for hydroxylation is 1. The van der Waals surface area contributed by atoms with E-state index < -0.39 is 0 Å². The monoisotopic (exact) mass is 193 g/mol. The van der Waals surface area contributed by atoms with Crippen LogP contribution in [0.15, 0.2) is 18.2 Å². The van der Waals surface area contributed by atoms with Gasteiger partial charge in [-0.05, 0) is 36.1 Å². The molecule has 0 aliphatic rings. The smallest absolute Gasteiger partial charge is 0.174 e. The van der Waals surface area contributed by atoms with E-state index in [1.54, 1.807) is 18.4 Å². The number of benzene rings is 1. The number of nitrogen functional groups attached to an aromatic ring is 1. The zero-order valence-electron chi connectivity index (χ0n) is 7.63. The number of thiophene rings is 1. The molecular weight excluding hydrogens is 182 g/mol. The minimum atomic E-state index is 0.841. The van der Waals surface area contributed by atoms with Crippen LogP contribution in [0, 0.1) is 6.92 Å². The standard InChI is InChI=1S/C10H11NOS/c1-6-3-9-7(4-8(6)11)5-10(12-2)13-9/h3-5H,11H2,1-2H3. The summed E-state index contributed by atoms with van der Waals surface area (Å²) in [4.78, 5) is 0. The van der Waals surface area contributed by atoms with E-state index >= 15 is 0 Å². The van der Waals surface area contributed by atoms with Gasteiger partial charge in [-0.15, -0.1) is 0 Å². The second-order valence-electron chi connectivity index (χ2n) is 3.02. The number of ether oxygens (including phenoxy) is 1. The van der Waals surface area contributed by atoms with Gasteiger partial charge in [-0.2, -0.15) is 0 Å². The van der Waals surface area contributed by atoms with E-state index in [1.807, 2.05) is 19.1 Å². The molecule has 2 N–H and O–H groups in total. The Kier molecular flexibility index (Phi) is 1.88. The van der Waals surface area contributed by atoms with Crippen molar-refractivity contribution < 1.29 is 4.74 Å². The first-order chi connectivity index (χ1) is 6.20. The molecule has 0 saturated carbocycles. The normalized spacial score (nSPS) is 10.6. The second kappa shape index (κ2) is 2.92. The molecule has 0 amide bonds. The Morgan fingerprint density at radius 1 is 1.31 bits per heavy atom. The highest BCUT2D eigenvalue weighted by Gasteiger charge is 2.03. The Balaban J connectivity index is 2.70. The molecule has 0 aliphatic heterocycles. The van der Waals surface area contributed by atoms with E-state index in [1.165, 1.54) is 4.70 Å². The number of rotatable bonds is 1. The number of nitrogens with two attached hydrogens (primary N) is 1. The summed E-state index contributed by atoms with van der Waals surface area (Å²) in [5.74, 6) is 0. The minimum absolute atomic E-state index is 0.841. The lowest BCUT2D eigenvalue weighted by atomic mass is 10.1. The Labute approximate surface area is 80.9 Å². The molecule has 1 aromatic carbocycles. The zero-order valence-corrected chi connectivity index (χ0v) is 8.44. The molecule has 1 aromatic heterocycles. The fourth-order valence-electron chi connectivity index (χ4n) is 1.28. The van der Waals surface area contributed by atoms with Crippen LogP contribution in [0.1, 0.15) is 5.56 Å². The van der Waals surface area contributed by atoms with Crippen molar-refractivity contribution in [2.24, 2.45) is 0 Å². The molecule has 0 saturated heterocycles. The average molecular weight is 193 g/mol. The molecular formula is C10H11NOS. The molecule has 0 unspecified atom stereocenters. The fourth-order valence-corrected chi connectivity index (χ4v) is 2.24. The highest BCUT2D eigenvalue weighted by molar-refractivity contribution is 7.20. The van der Waals surface area contributed by atoms with Crippen LogP contribution >= 0.6 is 11.3 Å². The van der Waals surface area contributed by atoms with E-state index in [-0.39, 0.29) is 0 Å². The summed E-state index contributed by atoms with van der Waals surface area (Å²) in [6.07, 6.45) is 0. The maximum absolute atomic E-state index is 5.80. The van der Waals surface area contributed by atoms with Crippen molar-refractivity contribution in [3.05, 3.63) is 23.8 Å². The molecule has 0 radical (unpaired) electrons. The third kappa shape index (κ3) is 1.35. The van der Waals surface area contributed by atoms with E-state index in [2.05, 4.69) is 6.07 Å². The van der Waals surface area contributed by atoms with Gasteiger partial charge >= 0.3 is 0 Å². The molecule has 0 spiro atoms. The minimum Gasteiger partial charge on any atom is -0.487 e. The first-order valence-electron chi connectivity index (χ1n) is 4.04. The van der Waals surface area contributed by atoms with Crippen molar-refractivity contribution in [3.8, 4) is 5.06 Å². The maximum atomic E-state index is 5.80. The van der Waals surface area contributed by atoms with Gasteiger partial charge in [0.25, 0.3) is 0 Å². The summed E-state index contributed by atoms with van der Waals surface area (Å²) in [5, 5.41) is 2.09. The number of hydrogen-bond acceptors (Lipinski definition) is 3. The quantitative estimate of drug-likeness (QED) is 0.707. The number of methoxy groups -OCH3 is 1. The van der Waals surface area contributed by atoms with Crippen LogP contribution in [0.2, 0.25) is 0 Å². The summed E-state index contributed by atoms with van der Waals surface area (Å²) in [6, 6.07) is 6.09. The van der Waals surface area contributed by atoms with E-state index in [9.17, 15) is 0 Å². The maximum Gasteiger partial charge on any atom is 0.174 e. The Hall–Kier alpha value is -1.22. The lowest BCUT2D eigenvalue weighted by molar-refractivity contribution is 0.427. The number of anilines is 1. The predicted octanol–water partition coefficient (Wildman–Crippen LogP) is 2.80. The Morgan fingerprint density at radius 3 is 2.77 bits per heavy atom. The number of fused-ring (bicyclic) bond motifs is 1. The van der Waals surface area contributed by atoms with Crippen molar-refractivity contribution in [2.75, 3.05) is 12.8 Å². The van der Waals surface area contributed by atoms with Crippen LogP contribution in [0.4, 0.5) is 5.69 Å². The van der Waals surface area contributed by atoms with Crippen LogP contribution in [-0.4, -0.2) is 7.11 Å². The molecule has 13 heavy (non-hydrogen) atoms. The van der Waals surface area contributed by atoms with Crippen LogP contribution in [-0.2, 0) is 0 Å². The summed E-state index contributed by atoms with van der Waals surface area (Å²) in [6.45, 7) is 2.01. The molecule has 0 fully saturated rings. The SMILES string of the molecule is COc1cc2cc(N)c(C)cc2s1. The molecule has 3 heteroatoms. The van der Waals surface area contributed by atoms with Gasteiger partial charge in [0.15, 0.2) is 5.06 Å². The van der Waals surface area contributed by atoms with Gasteiger partial charge in [-0.25, -0.2) is 0 Å². The number of hydrogen-bond donors (Lipinski definition) is 1. The molecule has 2 aromatic rings. The summed E-state index contributed by atoms with van der Waals surface area (Å²) >= 11 is 1.64. The Bertz CT molecular complexity index is 408. The summed E-state index contributed by atoms with van der Waals surface area (Å²) in [7, 11) is 1.68. The molecule has 2 nitrogen and oxygen atoms in total. The van der Waals surface area contributed by atoms with Crippen molar-refractivity contribution in [1.82, 2.24) is 0 Å². The molecule has 68 valence electrons. The van der Waals surface area contributed by atoms with Gasteiger partial charge in [0.2, 0.25) is 0 Å². The van der Waals surface area contributed by atoms with Gasteiger partial charge in [0, 0.05) is 10.4 Å². The average Bonchev–Trinajstić information content (AvgIpc) is 2.48.